The number of carbonyl (C=O) groups is 2. The molecule has 3 atom stereocenters. The van der Waals surface area contributed by atoms with Crippen LogP contribution in [0.3, 0.4) is 0 Å². The highest BCUT2D eigenvalue weighted by Gasteiger charge is 2.62. The lowest BCUT2D eigenvalue weighted by molar-refractivity contribution is -0.131. The van der Waals surface area contributed by atoms with Crippen LogP contribution < -0.4 is 0 Å². The van der Waals surface area contributed by atoms with E-state index >= 15 is 0 Å². The molecule has 1 saturated heterocycles. The Morgan fingerprint density at radius 3 is 1.96 bits per heavy atom. The first-order valence-electron chi connectivity index (χ1n) is 9.52. The van der Waals surface area contributed by atoms with Gasteiger partial charge in [-0.05, 0) is 22.5 Å². The number of carbonyl (C=O) groups excluding carboxylic acids is 2. The van der Waals surface area contributed by atoms with Crippen molar-refractivity contribution >= 4 is 12.0 Å². The van der Waals surface area contributed by atoms with Gasteiger partial charge < -0.3 is 4.74 Å². The molecule has 27 heavy (non-hydrogen) atoms. The topological polar surface area (TPSA) is 46.6 Å². The maximum Gasteiger partial charge on any atom is 0.417 e. The molecule has 0 aromatic heterocycles. The first-order chi connectivity index (χ1) is 12.9. The summed E-state index contributed by atoms with van der Waals surface area (Å²) in [5, 5.41) is 0. The molecule has 1 saturated carbocycles. The number of rotatable bonds is 4. The third-order valence-corrected chi connectivity index (χ3v) is 6.48. The number of imide groups is 1. The van der Waals surface area contributed by atoms with Gasteiger partial charge in [0.2, 0.25) is 5.91 Å². The quantitative estimate of drug-likeness (QED) is 0.806. The van der Waals surface area contributed by atoms with Gasteiger partial charge in [-0.3, -0.25) is 4.79 Å². The molecule has 0 bridgehead atoms. The normalized spacial score (nSPS) is 26.1. The van der Waals surface area contributed by atoms with Crippen LogP contribution in [-0.2, 0) is 9.53 Å². The van der Waals surface area contributed by atoms with Crippen molar-refractivity contribution in [2.75, 3.05) is 6.61 Å². The molecule has 0 unspecified atom stereocenters. The molecule has 4 rings (SSSR count). The molecule has 0 radical (unpaired) electrons. The standard InChI is InChI=1S/C23H25NO3/c1-15-20(23(15,2)3)21(25)24-18(14-27-22(24)26)19(16-10-6-4-7-11-16)17-12-8-5-9-13-17/h4-13,15,18-20H,14H2,1-3H3/t15-,18-,20+/m0/s1. The minimum atomic E-state index is -0.517. The first kappa shape index (κ1) is 17.8. The van der Waals surface area contributed by atoms with Crippen LogP contribution in [0.5, 0.6) is 0 Å². The maximum absolute atomic E-state index is 13.2. The molecule has 4 heteroatoms. The molecule has 2 aromatic carbocycles. The highest BCUT2D eigenvalue weighted by molar-refractivity contribution is 5.97. The summed E-state index contributed by atoms with van der Waals surface area (Å²) in [6.07, 6.45) is -0.517. The van der Waals surface area contributed by atoms with Gasteiger partial charge in [-0.2, -0.15) is 0 Å². The third-order valence-electron chi connectivity index (χ3n) is 6.48. The van der Waals surface area contributed by atoms with Crippen LogP contribution >= 0.6 is 0 Å². The summed E-state index contributed by atoms with van der Waals surface area (Å²) in [5.74, 6) is -0.0689. The van der Waals surface area contributed by atoms with Gasteiger partial charge in [0.05, 0.1) is 6.04 Å². The van der Waals surface area contributed by atoms with Gasteiger partial charge in [-0.1, -0.05) is 81.4 Å². The van der Waals surface area contributed by atoms with Crippen molar-refractivity contribution in [1.29, 1.82) is 0 Å². The van der Waals surface area contributed by atoms with E-state index in [1.165, 1.54) is 4.90 Å². The minimum Gasteiger partial charge on any atom is -0.447 e. The predicted molar refractivity (Wildman–Crippen MR) is 103 cm³/mol. The molecule has 2 aliphatic rings. The van der Waals surface area contributed by atoms with E-state index in [1.807, 2.05) is 60.7 Å². The van der Waals surface area contributed by atoms with Crippen molar-refractivity contribution in [1.82, 2.24) is 4.90 Å². The summed E-state index contributed by atoms with van der Waals surface area (Å²) in [5.41, 5.74) is 2.08. The van der Waals surface area contributed by atoms with E-state index < -0.39 is 6.09 Å². The van der Waals surface area contributed by atoms with Crippen LogP contribution in [0.2, 0.25) is 0 Å². The number of nitrogens with zero attached hydrogens (tertiary/aromatic N) is 1. The smallest absolute Gasteiger partial charge is 0.417 e. The summed E-state index contributed by atoms with van der Waals surface area (Å²) in [4.78, 5) is 27.2. The Morgan fingerprint density at radius 2 is 1.52 bits per heavy atom. The number of ether oxygens (including phenoxy) is 1. The highest BCUT2D eigenvalue weighted by Crippen LogP contribution is 2.59. The fourth-order valence-electron chi connectivity index (χ4n) is 4.47. The summed E-state index contributed by atoms with van der Waals surface area (Å²) in [6.45, 7) is 6.47. The fourth-order valence-corrected chi connectivity index (χ4v) is 4.47. The zero-order valence-corrected chi connectivity index (χ0v) is 16.0. The Kier molecular flexibility index (Phi) is 4.29. The van der Waals surface area contributed by atoms with Crippen LogP contribution in [0.1, 0.15) is 37.8 Å². The largest absolute Gasteiger partial charge is 0.447 e. The van der Waals surface area contributed by atoms with Crippen molar-refractivity contribution < 1.29 is 14.3 Å². The summed E-state index contributed by atoms with van der Waals surface area (Å²) < 4.78 is 5.37. The maximum atomic E-state index is 13.2. The predicted octanol–water partition coefficient (Wildman–Crippen LogP) is 4.46. The minimum absolute atomic E-state index is 0.0699. The average Bonchev–Trinajstić information content (AvgIpc) is 2.97. The third kappa shape index (κ3) is 2.93. The summed E-state index contributed by atoms with van der Waals surface area (Å²) in [6, 6.07) is 19.8. The number of benzene rings is 2. The average molecular weight is 363 g/mol. The Hall–Kier alpha value is -2.62. The molecule has 2 aromatic rings. The lowest BCUT2D eigenvalue weighted by Gasteiger charge is -2.29. The van der Waals surface area contributed by atoms with Gasteiger partial charge in [0, 0.05) is 11.8 Å². The van der Waals surface area contributed by atoms with Gasteiger partial charge in [0.1, 0.15) is 6.61 Å². The zero-order chi connectivity index (χ0) is 19.2. The van der Waals surface area contributed by atoms with E-state index in [2.05, 4.69) is 20.8 Å². The Labute approximate surface area is 160 Å². The van der Waals surface area contributed by atoms with E-state index in [4.69, 9.17) is 4.74 Å². The lowest BCUT2D eigenvalue weighted by atomic mass is 9.84. The lowest BCUT2D eigenvalue weighted by Crippen LogP contribution is -2.44. The van der Waals surface area contributed by atoms with Crippen LogP contribution in [0.25, 0.3) is 0 Å². The van der Waals surface area contributed by atoms with E-state index in [9.17, 15) is 9.59 Å². The van der Waals surface area contributed by atoms with Crippen LogP contribution in [-0.4, -0.2) is 29.5 Å². The van der Waals surface area contributed by atoms with Crippen molar-refractivity contribution in [3.63, 3.8) is 0 Å². The van der Waals surface area contributed by atoms with Gasteiger partial charge in [-0.15, -0.1) is 0 Å². The molecule has 140 valence electrons. The molecule has 1 heterocycles. The second-order valence-corrected chi connectivity index (χ2v) is 8.24. The van der Waals surface area contributed by atoms with Crippen molar-refractivity contribution in [2.45, 2.75) is 32.7 Å². The Balaban J connectivity index is 1.73. The highest BCUT2D eigenvalue weighted by atomic mass is 16.6. The molecule has 2 amide bonds. The van der Waals surface area contributed by atoms with Crippen LogP contribution in [0.15, 0.2) is 60.7 Å². The molecule has 1 aliphatic carbocycles. The number of cyclic esters (lactones) is 1. The second-order valence-electron chi connectivity index (χ2n) is 8.24. The Morgan fingerprint density at radius 1 is 1.04 bits per heavy atom. The molecular formula is C23H25NO3. The molecule has 4 nitrogen and oxygen atoms in total. The van der Waals surface area contributed by atoms with E-state index in [1.54, 1.807) is 0 Å². The number of hydrogen-bond acceptors (Lipinski definition) is 3. The van der Waals surface area contributed by atoms with Crippen molar-refractivity contribution in [3.05, 3.63) is 71.8 Å². The van der Waals surface area contributed by atoms with Crippen LogP contribution in [0, 0.1) is 17.3 Å². The number of hydrogen-bond donors (Lipinski definition) is 0. The van der Waals surface area contributed by atoms with Gasteiger partial charge >= 0.3 is 6.09 Å². The van der Waals surface area contributed by atoms with Gasteiger partial charge in [0.25, 0.3) is 0 Å². The molecule has 0 N–H and O–H groups in total. The van der Waals surface area contributed by atoms with Crippen molar-refractivity contribution in [3.8, 4) is 0 Å². The van der Waals surface area contributed by atoms with Gasteiger partial charge in [0.15, 0.2) is 0 Å². The first-order valence-corrected chi connectivity index (χ1v) is 9.52. The fraction of sp³-hybridized carbons (Fsp3) is 0.391. The molecular weight excluding hydrogens is 338 g/mol. The van der Waals surface area contributed by atoms with E-state index in [0.29, 0.717) is 0 Å². The SMILES string of the molecule is C[C@H]1[C@H](C(=O)N2C(=O)OC[C@H]2C(c2ccccc2)c2ccccc2)C1(C)C. The van der Waals surface area contributed by atoms with E-state index in [-0.39, 0.29) is 41.7 Å². The molecule has 2 fully saturated rings. The number of amides is 2. The molecule has 1 aliphatic heterocycles. The van der Waals surface area contributed by atoms with Gasteiger partial charge in [-0.25, -0.2) is 9.69 Å². The summed E-state index contributed by atoms with van der Waals surface area (Å²) >= 11 is 0. The zero-order valence-electron chi connectivity index (χ0n) is 16.0. The second kappa shape index (κ2) is 6.52. The summed E-state index contributed by atoms with van der Waals surface area (Å²) in [7, 11) is 0. The Bertz CT molecular complexity index is 807. The monoisotopic (exact) mass is 363 g/mol. The van der Waals surface area contributed by atoms with E-state index in [0.717, 1.165) is 11.1 Å². The van der Waals surface area contributed by atoms with Crippen molar-refractivity contribution in [2.24, 2.45) is 17.3 Å². The molecule has 0 spiro atoms. The van der Waals surface area contributed by atoms with Crippen LogP contribution in [0.4, 0.5) is 4.79 Å².